The molecule has 0 spiro atoms. The number of benzene rings is 1. The van der Waals surface area contributed by atoms with Crippen molar-refractivity contribution in [3.05, 3.63) is 53.5 Å². The molecule has 3 amide bonds. The number of carbonyl (C=O) groups is 3. The van der Waals surface area contributed by atoms with Crippen molar-refractivity contribution in [3.8, 4) is 0 Å². The second-order valence-electron chi connectivity index (χ2n) is 6.10. The van der Waals surface area contributed by atoms with Gasteiger partial charge in [0.25, 0.3) is 11.8 Å². The maximum Gasteiger partial charge on any atom is 0.409 e. The van der Waals surface area contributed by atoms with Crippen LogP contribution >= 0.6 is 0 Å². The van der Waals surface area contributed by atoms with Crippen molar-refractivity contribution in [1.29, 1.82) is 0 Å². The molecule has 1 aliphatic heterocycles. The first kappa shape index (κ1) is 18.5. The molecule has 1 fully saturated rings. The Hall–Kier alpha value is -3.29. The fraction of sp³-hybridized carbons (Fsp3) is 0.316. The van der Waals surface area contributed by atoms with Crippen LogP contribution < -0.4 is 10.6 Å². The van der Waals surface area contributed by atoms with Crippen LogP contribution in [0.1, 0.15) is 32.9 Å². The maximum atomic E-state index is 12.5. The van der Waals surface area contributed by atoms with Crippen LogP contribution in [-0.4, -0.2) is 49.0 Å². The molecule has 8 heteroatoms. The number of nitrogens with zero attached hydrogens (tertiary/aromatic N) is 1. The summed E-state index contributed by atoms with van der Waals surface area (Å²) in [6.45, 7) is 3.40. The van der Waals surface area contributed by atoms with Gasteiger partial charge in [0, 0.05) is 19.6 Å². The minimum Gasteiger partial charge on any atom is -0.469 e. The van der Waals surface area contributed by atoms with Crippen molar-refractivity contribution in [2.24, 2.45) is 0 Å². The summed E-state index contributed by atoms with van der Waals surface area (Å²) in [5.41, 5.74) is 1.15. The van der Waals surface area contributed by atoms with Gasteiger partial charge in [0.1, 0.15) is 5.76 Å². The number of rotatable bonds is 6. The first-order chi connectivity index (χ1) is 13.1. The predicted molar refractivity (Wildman–Crippen MR) is 97.7 cm³/mol. The molecule has 0 unspecified atom stereocenters. The molecule has 1 aromatic carbocycles. The largest absolute Gasteiger partial charge is 0.469 e. The van der Waals surface area contributed by atoms with Crippen molar-refractivity contribution in [3.63, 3.8) is 0 Å². The summed E-state index contributed by atoms with van der Waals surface area (Å²) < 4.78 is 10.1. The first-order valence-corrected chi connectivity index (χ1v) is 8.70. The normalized spacial score (nSPS) is 13.8. The highest BCUT2D eigenvalue weighted by atomic mass is 16.6. The van der Waals surface area contributed by atoms with E-state index in [1.807, 2.05) is 0 Å². The molecule has 2 N–H and O–H groups in total. The highest BCUT2D eigenvalue weighted by Gasteiger charge is 2.20. The number of nitrogens with one attached hydrogen (secondary N) is 2. The van der Waals surface area contributed by atoms with E-state index >= 15 is 0 Å². The minimum atomic E-state index is -0.362. The lowest BCUT2D eigenvalue weighted by Crippen LogP contribution is -2.42. The number of aryl methyl sites for hydroxylation is 1. The van der Waals surface area contributed by atoms with Gasteiger partial charge in [-0.15, -0.1) is 0 Å². The topological polar surface area (TPSA) is 101 Å². The molecule has 142 valence electrons. The Kier molecular flexibility index (Phi) is 5.75. The molecule has 2 heterocycles. The van der Waals surface area contributed by atoms with Crippen LogP contribution in [0.5, 0.6) is 0 Å². The first-order valence-electron chi connectivity index (χ1n) is 8.70. The molecule has 0 saturated carbocycles. The zero-order valence-corrected chi connectivity index (χ0v) is 15.0. The summed E-state index contributed by atoms with van der Waals surface area (Å²) in [6.07, 6.45) is 1.86. The third-order valence-electron chi connectivity index (χ3n) is 4.25. The number of anilines is 1. The Balaban J connectivity index is 1.61. The summed E-state index contributed by atoms with van der Waals surface area (Å²) in [5.74, 6) is -0.180. The van der Waals surface area contributed by atoms with Crippen LogP contribution in [0.25, 0.3) is 0 Å². The molecule has 0 radical (unpaired) electrons. The van der Waals surface area contributed by atoms with Gasteiger partial charge in [-0.3, -0.25) is 9.59 Å². The monoisotopic (exact) mass is 371 g/mol. The van der Waals surface area contributed by atoms with E-state index in [0.717, 1.165) is 6.42 Å². The molecular weight excluding hydrogens is 350 g/mol. The molecule has 0 atom stereocenters. The van der Waals surface area contributed by atoms with Gasteiger partial charge in [0.05, 0.1) is 29.7 Å². The lowest BCUT2D eigenvalue weighted by atomic mass is 10.1. The van der Waals surface area contributed by atoms with Crippen molar-refractivity contribution >= 4 is 23.6 Å². The highest BCUT2D eigenvalue weighted by molar-refractivity contribution is 6.09. The summed E-state index contributed by atoms with van der Waals surface area (Å²) in [5, 5.41) is 5.51. The van der Waals surface area contributed by atoms with Gasteiger partial charge < -0.3 is 24.7 Å². The van der Waals surface area contributed by atoms with Crippen LogP contribution in [0, 0.1) is 6.92 Å². The van der Waals surface area contributed by atoms with E-state index in [4.69, 9.17) is 9.15 Å². The Morgan fingerprint density at radius 3 is 2.70 bits per heavy atom. The van der Waals surface area contributed by atoms with Crippen molar-refractivity contribution in [2.45, 2.75) is 13.3 Å². The molecule has 0 bridgehead atoms. The van der Waals surface area contributed by atoms with Gasteiger partial charge in [-0.05, 0) is 31.5 Å². The Morgan fingerprint density at radius 1 is 1.15 bits per heavy atom. The smallest absolute Gasteiger partial charge is 0.409 e. The lowest BCUT2D eigenvalue weighted by molar-refractivity contribution is 0.0719. The molecule has 27 heavy (non-hydrogen) atoms. The molecule has 2 aromatic rings. The number of carbonyl (C=O) groups excluding carboxylic acids is 3. The van der Waals surface area contributed by atoms with Gasteiger partial charge in [-0.1, -0.05) is 12.1 Å². The Labute approximate surface area is 156 Å². The van der Waals surface area contributed by atoms with Gasteiger partial charge in [0.2, 0.25) is 0 Å². The van der Waals surface area contributed by atoms with Crippen LogP contribution in [0.4, 0.5) is 10.5 Å². The summed E-state index contributed by atoms with van der Waals surface area (Å²) in [6, 6.07) is 8.31. The number of hydrogen-bond donors (Lipinski definition) is 2. The van der Waals surface area contributed by atoms with Gasteiger partial charge in [0.15, 0.2) is 0 Å². The van der Waals surface area contributed by atoms with Crippen LogP contribution in [0.2, 0.25) is 0 Å². The number of hydrogen-bond acceptors (Lipinski definition) is 5. The van der Waals surface area contributed by atoms with Gasteiger partial charge >= 0.3 is 6.09 Å². The van der Waals surface area contributed by atoms with Crippen LogP contribution in [0.15, 0.2) is 41.0 Å². The summed E-state index contributed by atoms with van der Waals surface area (Å²) in [7, 11) is 0. The molecule has 1 aliphatic rings. The lowest BCUT2D eigenvalue weighted by Gasteiger charge is -2.26. The van der Waals surface area contributed by atoms with E-state index in [-0.39, 0.29) is 24.5 Å². The standard InChI is InChI=1S/C19H21N3O5/c1-13-14(7-12-26-13)18(24)21-16-6-3-2-5-15(16)17(23)20-8-10-22-9-4-11-27-19(22)25/h2-3,5-7,12H,4,8-11H2,1H3,(H,20,23)(H,21,24). The van der Waals surface area contributed by atoms with Crippen molar-refractivity contribution < 1.29 is 23.5 Å². The average Bonchev–Trinajstić information content (AvgIpc) is 3.10. The Morgan fingerprint density at radius 2 is 1.96 bits per heavy atom. The van der Waals surface area contributed by atoms with E-state index in [1.54, 1.807) is 42.2 Å². The molecule has 1 aromatic heterocycles. The quantitative estimate of drug-likeness (QED) is 0.812. The van der Waals surface area contributed by atoms with E-state index in [0.29, 0.717) is 42.3 Å². The van der Waals surface area contributed by atoms with E-state index in [2.05, 4.69) is 10.6 Å². The second kappa shape index (κ2) is 8.39. The average molecular weight is 371 g/mol. The Bertz CT molecular complexity index is 845. The van der Waals surface area contributed by atoms with E-state index < -0.39 is 0 Å². The zero-order valence-electron chi connectivity index (χ0n) is 15.0. The summed E-state index contributed by atoms with van der Waals surface area (Å²) >= 11 is 0. The molecular formula is C19H21N3O5. The second-order valence-corrected chi connectivity index (χ2v) is 6.10. The number of ether oxygens (including phenoxy) is 1. The zero-order chi connectivity index (χ0) is 19.2. The SMILES string of the molecule is Cc1occc1C(=O)Nc1ccccc1C(=O)NCCN1CCCOC1=O. The molecule has 3 rings (SSSR count). The van der Waals surface area contributed by atoms with E-state index in [9.17, 15) is 14.4 Å². The fourth-order valence-electron chi connectivity index (χ4n) is 2.80. The molecule has 0 aliphatic carbocycles. The highest BCUT2D eigenvalue weighted by Crippen LogP contribution is 2.18. The van der Waals surface area contributed by atoms with Crippen molar-refractivity contribution in [1.82, 2.24) is 10.2 Å². The fourth-order valence-corrected chi connectivity index (χ4v) is 2.80. The third-order valence-corrected chi connectivity index (χ3v) is 4.25. The van der Waals surface area contributed by atoms with Gasteiger partial charge in [-0.2, -0.15) is 0 Å². The number of amides is 3. The van der Waals surface area contributed by atoms with Gasteiger partial charge in [-0.25, -0.2) is 4.79 Å². The van der Waals surface area contributed by atoms with E-state index in [1.165, 1.54) is 6.26 Å². The number of furan rings is 1. The van der Waals surface area contributed by atoms with Crippen LogP contribution in [0.3, 0.4) is 0 Å². The predicted octanol–water partition coefficient (Wildman–Crippen LogP) is 2.41. The number of para-hydroxylation sites is 1. The molecule has 1 saturated heterocycles. The third kappa shape index (κ3) is 4.46. The summed E-state index contributed by atoms with van der Waals surface area (Å²) in [4.78, 5) is 38.0. The number of cyclic esters (lactones) is 1. The van der Waals surface area contributed by atoms with Crippen molar-refractivity contribution in [2.75, 3.05) is 31.6 Å². The minimum absolute atomic E-state index is 0.289. The maximum absolute atomic E-state index is 12.5. The molecule has 8 nitrogen and oxygen atoms in total. The van der Waals surface area contributed by atoms with Crippen LogP contribution in [-0.2, 0) is 4.74 Å².